The molecule has 1 aromatic carbocycles. The molecule has 1 aliphatic rings. The number of rotatable bonds is 4. The first-order chi connectivity index (χ1) is 9.63. The summed E-state index contributed by atoms with van der Waals surface area (Å²) in [6.45, 7) is 0.822. The van der Waals surface area contributed by atoms with E-state index >= 15 is 0 Å². The molecule has 0 atom stereocenters. The van der Waals surface area contributed by atoms with E-state index in [9.17, 15) is 10.1 Å². The Labute approximate surface area is 125 Å². The molecule has 6 heteroatoms. The predicted molar refractivity (Wildman–Crippen MR) is 81.1 cm³/mol. The van der Waals surface area contributed by atoms with Crippen molar-refractivity contribution in [2.75, 3.05) is 5.33 Å². The molecule has 0 N–H and O–H groups in total. The number of nitrogens with zero attached hydrogens (tertiary/aromatic N) is 3. The minimum Gasteiger partial charge on any atom is -0.264 e. The largest absolute Gasteiger partial charge is 0.271 e. The number of halogens is 1. The van der Waals surface area contributed by atoms with Gasteiger partial charge in [0.25, 0.3) is 5.69 Å². The number of hydrogen-bond donors (Lipinski definition) is 0. The first-order valence-corrected chi connectivity index (χ1v) is 7.92. The Kier molecular flexibility index (Phi) is 3.50. The lowest BCUT2D eigenvalue weighted by atomic mass is 9.89. The molecule has 1 aliphatic carbocycles. The molecule has 0 saturated heterocycles. The smallest absolute Gasteiger partial charge is 0.264 e. The standard InChI is InChI=1S/C14H16BrN3O2/c15-9-14(5-1-2-6-14)10-17-13-7-12(18(19)20)4-3-11(13)8-16-17/h3-4,7-8H,1-2,5-6,9-10H2. The molecule has 0 amide bonds. The van der Waals surface area contributed by atoms with Gasteiger partial charge in [0.2, 0.25) is 0 Å². The lowest BCUT2D eigenvalue weighted by molar-refractivity contribution is -0.384. The van der Waals surface area contributed by atoms with E-state index < -0.39 is 0 Å². The third-order valence-electron chi connectivity index (χ3n) is 4.27. The van der Waals surface area contributed by atoms with Crippen molar-refractivity contribution >= 4 is 32.5 Å². The average molecular weight is 338 g/mol. The fourth-order valence-electron chi connectivity index (χ4n) is 3.08. The number of nitro groups is 1. The summed E-state index contributed by atoms with van der Waals surface area (Å²) in [6, 6.07) is 4.93. The number of aromatic nitrogens is 2. The van der Waals surface area contributed by atoms with Gasteiger partial charge in [-0.15, -0.1) is 0 Å². The van der Waals surface area contributed by atoms with Crippen molar-refractivity contribution in [1.82, 2.24) is 9.78 Å². The highest BCUT2D eigenvalue weighted by atomic mass is 79.9. The van der Waals surface area contributed by atoms with Crippen molar-refractivity contribution in [1.29, 1.82) is 0 Å². The summed E-state index contributed by atoms with van der Waals surface area (Å²) in [7, 11) is 0. The summed E-state index contributed by atoms with van der Waals surface area (Å²) in [5.41, 5.74) is 1.22. The third kappa shape index (κ3) is 2.32. The van der Waals surface area contributed by atoms with Gasteiger partial charge in [0.1, 0.15) is 0 Å². The van der Waals surface area contributed by atoms with Crippen LogP contribution in [-0.4, -0.2) is 20.0 Å². The van der Waals surface area contributed by atoms with Crippen LogP contribution in [0, 0.1) is 15.5 Å². The van der Waals surface area contributed by atoms with Crippen molar-refractivity contribution in [2.24, 2.45) is 5.41 Å². The van der Waals surface area contributed by atoms with Gasteiger partial charge in [-0.25, -0.2) is 0 Å². The molecule has 1 fully saturated rings. The van der Waals surface area contributed by atoms with Gasteiger partial charge in [0.05, 0.1) is 16.6 Å². The second kappa shape index (κ2) is 5.16. The summed E-state index contributed by atoms with van der Waals surface area (Å²) in [5.74, 6) is 0. The maximum atomic E-state index is 10.9. The quantitative estimate of drug-likeness (QED) is 0.483. The molecular weight excluding hydrogens is 322 g/mol. The fraction of sp³-hybridized carbons (Fsp3) is 0.500. The van der Waals surface area contributed by atoms with Gasteiger partial charge in [0, 0.05) is 29.4 Å². The summed E-state index contributed by atoms with van der Waals surface area (Å²) in [4.78, 5) is 10.6. The van der Waals surface area contributed by atoms with Gasteiger partial charge in [0.15, 0.2) is 0 Å². The van der Waals surface area contributed by atoms with E-state index in [1.54, 1.807) is 18.3 Å². The van der Waals surface area contributed by atoms with Gasteiger partial charge in [-0.1, -0.05) is 28.8 Å². The van der Waals surface area contributed by atoms with E-state index in [0.717, 1.165) is 22.8 Å². The van der Waals surface area contributed by atoms with Crippen molar-refractivity contribution in [3.05, 3.63) is 34.5 Å². The van der Waals surface area contributed by atoms with E-state index in [4.69, 9.17) is 0 Å². The van der Waals surface area contributed by atoms with Crippen LogP contribution in [0.15, 0.2) is 24.4 Å². The molecule has 0 unspecified atom stereocenters. The minimum atomic E-state index is -0.355. The zero-order valence-electron chi connectivity index (χ0n) is 11.1. The van der Waals surface area contributed by atoms with Gasteiger partial charge >= 0.3 is 0 Å². The molecular formula is C14H16BrN3O2. The van der Waals surface area contributed by atoms with Crippen molar-refractivity contribution in [2.45, 2.75) is 32.2 Å². The van der Waals surface area contributed by atoms with Gasteiger partial charge in [-0.05, 0) is 24.3 Å². The Bertz CT molecular complexity index is 647. The molecule has 3 rings (SSSR count). The average Bonchev–Trinajstić information content (AvgIpc) is 3.07. The molecule has 0 radical (unpaired) electrons. The Morgan fingerprint density at radius 3 is 2.80 bits per heavy atom. The summed E-state index contributed by atoms with van der Waals surface area (Å²) in [5, 5.41) is 17.2. The highest BCUT2D eigenvalue weighted by Crippen LogP contribution is 2.41. The molecule has 1 heterocycles. The van der Waals surface area contributed by atoms with Crippen LogP contribution in [0.3, 0.4) is 0 Å². The van der Waals surface area contributed by atoms with Crippen molar-refractivity contribution < 1.29 is 4.92 Å². The molecule has 0 bridgehead atoms. The molecule has 5 nitrogen and oxygen atoms in total. The number of benzene rings is 1. The lowest BCUT2D eigenvalue weighted by Crippen LogP contribution is -2.25. The van der Waals surface area contributed by atoms with E-state index in [-0.39, 0.29) is 16.0 Å². The molecule has 1 saturated carbocycles. The first kappa shape index (κ1) is 13.5. The van der Waals surface area contributed by atoms with Crippen LogP contribution in [0.1, 0.15) is 25.7 Å². The lowest BCUT2D eigenvalue weighted by Gasteiger charge is -2.26. The third-order valence-corrected chi connectivity index (χ3v) is 5.46. The van der Waals surface area contributed by atoms with Gasteiger partial charge < -0.3 is 0 Å². The molecule has 0 spiro atoms. The highest BCUT2D eigenvalue weighted by Gasteiger charge is 2.33. The molecule has 106 valence electrons. The molecule has 0 aliphatic heterocycles. The Hall–Kier alpha value is -1.43. The van der Waals surface area contributed by atoms with E-state index in [1.807, 2.05) is 4.68 Å². The topological polar surface area (TPSA) is 61.0 Å². The number of non-ortho nitro benzene ring substituents is 1. The predicted octanol–water partition coefficient (Wildman–Crippen LogP) is 3.90. The van der Waals surface area contributed by atoms with E-state index in [2.05, 4.69) is 21.0 Å². The molecule has 20 heavy (non-hydrogen) atoms. The number of nitro benzene ring substituents is 1. The van der Waals surface area contributed by atoms with Crippen LogP contribution in [0.5, 0.6) is 0 Å². The van der Waals surface area contributed by atoms with Gasteiger partial charge in [-0.2, -0.15) is 5.10 Å². The van der Waals surface area contributed by atoms with Crippen LogP contribution < -0.4 is 0 Å². The summed E-state index contributed by atoms with van der Waals surface area (Å²) < 4.78 is 1.93. The van der Waals surface area contributed by atoms with Crippen molar-refractivity contribution in [3.8, 4) is 0 Å². The number of hydrogen-bond acceptors (Lipinski definition) is 3. The Morgan fingerprint density at radius 2 is 2.15 bits per heavy atom. The monoisotopic (exact) mass is 337 g/mol. The Morgan fingerprint density at radius 1 is 1.40 bits per heavy atom. The van der Waals surface area contributed by atoms with Crippen LogP contribution in [0.25, 0.3) is 10.9 Å². The van der Waals surface area contributed by atoms with Crippen LogP contribution in [-0.2, 0) is 6.54 Å². The van der Waals surface area contributed by atoms with E-state index in [1.165, 1.54) is 31.7 Å². The normalized spacial score (nSPS) is 17.6. The Balaban J connectivity index is 1.98. The maximum absolute atomic E-state index is 10.9. The second-order valence-corrected chi connectivity index (χ2v) is 6.20. The summed E-state index contributed by atoms with van der Waals surface area (Å²) >= 11 is 3.63. The highest BCUT2D eigenvalue weighted by molar-refractivity contribution is 9.09. The maximum Gasteiger partial charge on any atom is 0.271 e. The SMILES string of the molecule is O=[N+]([O-])c1ccc2cnn(CC3(CBr)CCCC3)c2c1. The van der Waals surface area contributed by atoms with Crippen LogP contribution in [0.4, 0.5) is 5.69 Å². The minimum absolute atomic E-state index is 0.124. The summed E-state index contributed by atoms with van der Waals surface area (Å²) in [6.07, 6.45) is 6.68. The van der Waals surface area contributed by atoms with Gasteiger partial charge in [-0.3, -0.25) is 14.8 Å². The van der Waals surface area contributed by atoms with Crippen LogP contribution in [0.2, 0.25) is 0 Å². The fourth-order valence-corrected chi connectivity index (χ4v) is 3.81. The number of fused-ring (bicyclic) bond motifs is 1. The second-order valence-electron chi connectivity index (χ2n) is 5.64. The molecule has 1 aromatic heterocycles. The molecule has 2 aromatic rings. The van der Waals surface area contributed by atoms with E-state index in [0.29, 0.717) is 0 Å². The first-order valence-electron chi connectivity index (χ1n) is 6.79. The number of alkyl halides is 1. The van der Waals surface area contributed by atoms with Crippen LogP contribution >= 0.6 is 15.9 Å². The zero-order valence-corrected chi connectivity index (χ0v) is 12.7. The van der Waals surface area contributed by atoms with Crippen molar-refractivity contribution in [3.63, 3.8) is 0 Å². The zero-order chi connectivity index (χ0) is 14.2.